The normalized spacial score (nSPS) is 29.7. The van der Waals surface area contributed by atoms with Crippen molar-refractivity contribution in [2.75, 3.05) is 13.2 Å². The molecule has 0 saturated heterocycles. The van der Waals surface area contributed by atoms with Gasteiger partial charge in [-0.1, -0.05) is 6.58 Å². The molecule has 170 valence electrons. The average Bonchev–Trinajstić information content (AvgIpc) is 2.91. The second kappa shape index (κ2) is 10.1. The Balaban J connectivity index is 2.64. The van der Waals surface area contributed by atoms with Crippen LogP contribution in [0.5, 0.6) is 0 Å². The van der Waals surface area contributed by atoms with Gasteiger partial charge in [0, 0.05) is 37.5 Å². The summed E-state index contributed by atoms with van der Waals surface area (Å²) in [7, 11) is 0. The first-order valence-corrected chi connectivity index (χ1v) is 10.1. The molecule has 0 aromatic heterocycles. The van der Waals surface area contributed by atoms with E-state index >= 15 is 0 Å². The van der Waals surface area contributed by atoms with Gasteiger partial charge in [-0.05, 0) is 45.4 Å². The summed E-state index contributed by atoms with van der Waals surface area (Å²) in [6.45, 7) is 11.8. The number of hydrogen-bond acceptors (Lipinski definition) is 8. The summed E-state index contributed by atoms with van der Waals surface area (Å²) in [5.41, 5.74) is -0.00471. The number of carbonyl (C=O) groups excluding carboxylic acids is 3. The molecule has 0 fully saturated rings. The minimum Gasteiger partial charge on any atom is -0.458 e. The number of hydrogen-bond donors (Lipinski definition) is 1. The molecule has 0 spiro atoms. The fourth-order valence-electron chi connectivity index (χ4n) is 3.52. The van der Waals surface area contributed by atoms with Crippen molar-refractivity contribution in [1.29, 1.82) is 0 Å². The van der Waals surface area contributed by atoms with Gasteiger partial charge in [0.25, 0.3) is 0 Å². The molecule has 1 N–H and O–H groups in total. The molecular formula is C23H30O8. The first-order valence-electron chi connectivity index (χ1n) is 10.1. The maximum Gasteiger partial charge on any atom is 0.342 e. The van der Waals surface area contributed by atoms with E-state index in [1.165, 1.54) is 13.8 Å². The molecule has 1 aliphatic carbocycles. The highest BCUT2D eigenvalue weighted by molar-refractivity contribution is 5.95. The smallest absolute Gasteiger partial charge is 0.342 e. The van der Waals surface area contributed by atoms with E-state index in [1.54, 1.807) is 32.9 Å². The zero-order valence-corrected chi connectivity index (χ0v) is 18.6. The quantitative estimate of drug-likeness (QED) is 0.386. The summed E-state index contributed by atoms with van der Waals surface area (Å²) in [6, 6.07) is 0. The topological polar surface area (TPSA) is 108 Å². The molecule has 0 amide bonds. The summed E-state index contributed by atoms with van der Waals surface area (Å²) in [5.74, 6) is -1.56. The number of ether oxygens (including phenoxy) is 4. The maximum absolute atomic E-state index is 12.6. The number of rotatable bonds is 6. The van der Waals surface area contributed by atoms with E-state index in [2.05, 4.69) is 6.58 Å². The monoisotopic (exact) mass is 434 g/mol. The molecule has 0 radical (unpaired) electrons. The highest BCUT2D eigenvalue weighted by Gasteiger charge is 2.41. The molecule has 8 heteroatoms. The van der Waals surface area contributed by atoms with Gasteiger partial charge in [-0.3, -0.25) is 4.79 Å². The van der Waals surface area contributed by atoms with E-state index in [9.17, 15) is 19.5 Å². The van der Waals surface area contributed by atoms with Crippen molar-refractivity contribution >= 4 is 17.9 Å². The lowest BCUT2D eigenvalue weighted by Gasteiger charge is -2.32. The Morgan fingerprint density at radius 1 is 1.29 bits per heavy atom. The van der Waals surface area contributed by atoms with Crippen LogP contribution in [-0.2, 0) is 33.3 Å². The zero-order chi connectivity index (χ0) is 23.3. The van der Waals surface area contributed by atoms with E-state index < -0.39 is 35.7 Å². The largest absolute Gasteiger partial charge is 0.458 e. The highest BCUT2D eigenvalue weighted by Crippen LogP contribution is 2.37. The van der Waals surface area contributed by atoms with Gasteiger partial charge in [0.15, 0.2) is 0 Å². The first-order chi connectivity index (χ1) is 14.4. The van der Waals surface area contributed by atoms with Crippen molar-refractivity contribution in [1.82, 2.24) is 0 Å². The van der Waals surface area contributed by atoms with Crippen LogP contribution >= 0.6 is 0 Å². The molecule has 3 atom stereocenters. The van der Waals surface area contributed by atoms with E-state index in [4.69, 9.17) is 18.9 Å². The Kier molecular flexibility index (Phi) is 7.97. The summed E-state index contributed by atoms with van der Waals surface area (Å²) < 4.78 is 21.8. The van der Waals surface area contributed by atoms with Crippen LogP contribution in [-0.4, -0.2) is 54.0 Å². The highest BCUT2D eigenvalue weighted by atomic mass is 16.6. The summed E-state index contributed by atoms with van der Waals surface area (Å²) >= 11 is 0. The van der Waals surface area contributed by atoms with Crippen LogP contribution in [0.15, 0.2) is 46.8 Å². The van der Waals surface area contributed by atoms with Crippen molar-refractivity contribution in [3.05, 3.63) is 46.8 Å². The number of carbonyl (C=O) groups is 3. The summed E-state index contributed by atoms with van der Waals surface area (Å²) in [6.07, 6.45) is 1.58. The van der Waals surface area contributed by atoms with Crippen molar-refractivity contribution in [3.63, 3.8) is 0 Å². The second-order valence-corrected chi connectivity index (χ2v) is 8.07. The van der Waals surface area contributed by atoms with Crippen molar-refractivity contribution in [2.45, 2.75) is 65.3 Å². The zero-order valence-electron chi connectivity index (χ0n) is 18.6. The van der Waals surface area contributed by atoms with Crippen LogP contribution in [0.1, 0.15) is 47.5 Å². The van der Waals surface area contributed by atoms with Gasteiger partial charge in [-0.25, -0.2) is 9.59 Å². The van der Waals surface area contributed by atoms with Crippen LogP contribution in [0.3, 0.4) is 0 Å². The number of allylic oxidation sites excluding steroid dienone is 2. The van der Waals surface area contributed by atoms with E-state index in [-0.39, 0.29) is 36.4 Å². The molecule has 1 aliphatic heterocycles. The Hall–Kier alpha value is -2.71. The third kappa shape index (κ3) is 6.63. The van der Waals surface area contributed by atoms with Gasteiger partial charge in [0.2, 0.25) is 0 Å². The number of fused-ring (bicyclic) bond motifs is 1. The molecule has 8 nitrogen and oxygen atoms in total. The average molecular weight is 434 g/mol. The fourth-order valence-corrected chi connectivity index (χ4v) is 3.52. The van der Waals surface area contributed by atoms with Crippen LogP contribution in [0.4, 0.5) is 0 Å². The minimum absolute atomic E-state index is 0.0237. The number of aliphatic hydroxyl groups is 1. The Bertz CT molecular complexity index is 859. The van der Waals surface area contributed by atoms with Gasteiger partial charge in [0.1, 0.15) is 18.0 Å². The van der Waals surface area contributed by atoms with Gasteiger partial charge in [-0.2, -0.15) is 0 Å². The molecule has 0 bridgehead atoms. The third-order valence-corrected chi connectivity index (χ3v) is 4.80. The van der Waals surface area contributed by atoms with Gasteiger partial charge in [0.05, 0.1) is 17.8 Å². The Labute approximate surface area is 182 Å². The summed E-state index contributed by atoms with van der Waals surface area (Å²) in [4.78, 5) is 36.4. The first kappa shape index (κ1) is 24.6. The van der Waals surface area contributed by atoms with Crippen molar-refractivity contribution in [2.24, 2.45) is 0 Å². The molecule has 0 saturated carbocycles. The van der Waals surface area contributed by atoms with E-state index in [0.717, 1.165) is 0 Å². The SMILES string of the molecule is C=C(C)C(=O)O[C@@H]1C[C@@](C)(O)C[C@H](OC(C)=O)/C=C(C)/C=C2/OC(=O)C(COCC)=C21. The van der Waals surface area contributed by atoms with Crippen LogP contribution in [0, 0.1) is 0 Å². The molecule has 0 aromatic rings. The van der Waals surface area contributed by atoms with Crippen LogP contribution in [0.2, 0.25) is 0 Å². The Morgan fingerprint density at radius 2 is 1.97 bits per heavy atom. The van der Waals surface area contributed by atoms with Crippen LogP contribution in [0.25, 0.3) is 0 Å². The molecule has 2 aliphatic rings. The van der Waals surface area contributed by atoms with Gasteiger partial charge < -0.3 is 24.1 Å². The van der Waals surface area contributed by atoms with Gasteiger partial charge in [-0.15, -0.1) is 0 Å². The molecule has 2 rings (SSSR count). The number of esters is 3. The molecule has 31 heavy (non-hydrogen) atoms. The van der Waals surface area contributed by atoms with Crippen molar-refractivity contribution < 1.29 is 38.4 Å². The Morgan fingerprint density at radius 3 is 2.55 bits per heavy atom. The van der Waals surface area contributed by atoms with Crippen molar-refractivity contribution in [3.8, 4) is 0 Å². The minimum atomic E-state index is -1.41. The predicted octanol–water partition coefficient (Wildman–Crippen LogP) is 2.67. The van der Waals surface area contributed by atoms with Gasteiger partial charge >= 0.3 is 17.9 Å². The van der Waals surface area contributed by atoms with Crippen LogP contribution < -0.4 is 0 Å². The standard InChI is InChI=1S/C23H30O8/c1-7-28-12-17-20-18(30-22(17)26)9-14(4)8-16(29-15(5)24)10-23(6,27)11-19(20)31-21(25)13(2)3/h8-9,16,19,27H,2,7,10-12H2,1,3-6H3/b14-8+,18-9+/t16-,19-,23+/m1/s1. The lowest BCUT2D eigenvalue weighted by Crippen LogP contribution is -2.38. The molecule has 0 unspecified atom stereocenters. The predicted molar refractivity (Wildman–Crippen MR) is 112 cm³/mol. The molecular weight excluding hydrogens is 404 g/mol. The molecule has 1 heterocycles. The third-order valence-electron chi connectivity index (χ3n) is 4.80. The fraction of sp³-hybridized carbons (Fsp3) is 0.522. The maximum atomic E-state index is 12.6. The lowest BCUT2D eigenvalue weighted by molar-refractivity contribution is -0.148. The summed E-state index contributed by atoms with van der Waals surface area (Å²) in [5, 5.41) is 11.1. The van der Waals surface area contributed by atoms with E-state index in [1.807, 2.05) is 0 Å². The second-order valence-electron chi connectivity index (χ2n) is 8.07. The lowest BCUT2D eigenvalue weighted by atomic mass is 9.86. The van der Waals surface area contributed by atoms with E-state index in [0.29, 0.717) is 17.8 Å². The molecule has 0 aromatic carbocycles.